The molecule has 3 aromatic heterocycles. The van der Waals surface area contributed by atoms with Crippen LogP contribution in [0.5, 0.6) is 0 Å². The lowest BCUT2D eigenvalue weighted by Crippen LogP contribution is -2.51. The molecule has 2 aromatic carbocycles. The number of imidazole rings is 3. The largest absolute Gasteiger partial charge is 0.453 e. The normalized spacial score (nSPS) is 18.4. The average molecular weight is 779 g/mol. The second-order valence-corrected chi connectivity index (χ2v) is 15.8. The van der Waals surface area contributed by atoms with E-state index in [4.69, 9.17) is 24.4 Å². The molecule has 2 saturated heterocycles. The first-order valence-electron chi connectivity index (χ1n) is 19.9. The molecular weight excluding hydrogens is 725 g/mol. The molecule has 3 amide bonds. The number of nitrogens with one attached hydrogen (secondary N) is 4. The Bertz CT molecular complexity index is 2210. The van der Waals surface area contributed by atoms with Crippen LogP contribution in [0.3, 0.4) is 0 Å². The second-order valence-electron chi connectivity index (χ2n) is 15.8. The first-order chi connectivity index (χ1) is 27.4. The van der Waals surface area contributed by atoms with Crippen molar-refractivity contribution < 1.29 is 23.9 Å². The zero-order chi connectivity index (χ0) is 40.4. The number of alkyl carbamates (subject to hydrolysis) is 2. The van der Waals surface area contributed by atoms with E-state index >= 15 is 0 Å². The van der Waals surface area contributed by atoms with E-state index < -0.39 is 18.2 Å². The van der Waals surface area contributed by atoms with Gasteiger partial charge >= 0.3 is 12.2 Å². The number of methoxy groups -OCH3 is 2. The summed E-state index contributed by atoms with van der Waals surface area (Å²) in [6.45, 7) is 10.3. The molecule has 0 saturated carbocycles. The summed E-state index contributed by atoms with van der Waals surface area (Å²) < 4.78 is 11.7. The Morgan fingerprint density at radius 3 is 2.05 bits per heavy atom. The number of carbonyl (C=O) groups excluding carboxylic acids is 3. The predicted octanol–water partition coefficient (Wildman–Crippen LogP) is 6.58. The lowest BCUT2D eigenvalue weighted by Gasteiger charge is -2.30. The van der Waals surface area contributed by atoms with Gasteiger partial charge < -0.3 is 39.5 Å². The van der Waals surface area contributed by atoms with Crippen molar-refractivity contribution in [1.82, 2.24) is 49.9 Å². The van der Waals surface area contributed by atoms with E-state index in [0.29, 0.717) is 6.54 Å². The third-order valence-electron chi connectivity index (χ3n) is 11.5. The summed E-state index contributed by atoms with van der Waals surface area (Å²) in [5.41, 5.74) is 6.63. The number of rotatable bonds is 12. The van der Waals surface area contributed by atoms with Crippen molar-refractivity contribution >= 4 is 29.1 Å². The van der Waals surface area contributed by atoms with Gasteiger partial charge in [0.05, 0.1) is 61.1 Å². The zero-order valence-electron chi connectivity index (χ0n) is 33.8. The summed E-state index contributed by atoms with van der Waals surface area (Å²) >= 11 is 0. The van der Waals surface area contributed by atoms with Gasteiger partial charge in [0, 0.05) is 37.3 Å². The number of likely N-dealkylation sites (tertiary alicyclic amines) is 2. The van der Waals surface area contributed by atoms with Crippen molar-refractivity contribution in [1.29, 1.82) is 0 Å². The predicted molar refractivity (Wildman–Crippen MR) is 217 cm³/mol. The molecule has 2 fully saturated rings. The van der Waals surface area contributed by atoms with Crippen LogP contribution in [-0.2, 0) is 21.3 Å². The molecule has 0 radical (unpaired) electrons. The van der Waals surface area contributed by atoms with Gasteiger partial charge in [-0.1, -0.05) is 58.0 Å². The van der Waals surface area contributed by atoms with E-state index in [1.54, 1.807) is 0 Å². The molecule has 2 aliphatic heterocycles. The van der Waals surface area contributed by atoms with Crippen LogP contribution in [-0.4, -0.2) is 103 Å². The monoisotopic (exact) mass is 778 g/mol. The SMILES string of the molecule is COC(=O)NC(CN1CCCC1c1ncc(-c2ccc(-c3nc4cc(-c5cnc(C6CCCN6C(=O)C(NC(=O)OC)C(C)C)[nH]5)ccc4n3C)cc2)[nH]1)C(C)C. The van der Waals surface area contributed by atoms with Gasteiger partial charge in [0.2, 0.25) is 5.91 Å². The standard InChI is InChI=1S/C42H54N10O5/c1-24(2)32(48-41(54)56-6)23-51-18-8-10-34(51)37-43-21-30(45-37)26-12-14-27(15-13-26)39-47-29-20-28(16-17-33(29)50(39)5)31-22-44-38(46-31)35-11-9-19-52(35)40(53)36(25(3)4)49-42(55)57-7/h12-17,20-22,24-25,32,34-36H,8-11,18-19,23H2,1-7H3,(H,43,45)(H,44,46)(H,48,54)(H,49,55). The number of ether oxygens (including phenoxy) is 2. The van der Waals surface area contributed by atoms with E-state index in [-0.39, 0.29) is 35.9 Å². The lowest BCUT2D eigenvalue weighted by atomic mass is 10.0. The quantitative estimate of drug-likeness (QED) is 0.109. The van der Waals surface area contributed by atoms with Gasteiger partial charge in [0.1, 0.15) is 23.5 Å². The van der Waals surface area contributed by atoms with E-state index in [0.717, 1.165) is 95.4 Å². The number of nitrogens with zero attached hydrogens (tertiary/aromatic N) is 6. The van der Waals surface area contributed by atoms with Gasteiger partial charge in [0.25, 0.3) is 0 Å². The molecule has 4 unspecified atom stereocenters. The smallest absolute Gasteiger partial charge is 0.407 e. The van der Waals surface area contributed by atoms with Crippen molar-refractivity contribution in [2.45, 2.75) is 77.5 Å². The number of benzene rings is 2. The number of aromatic amines is 2. The third-order valence-corrected chi connectivity index (χ3v) is 11.5. The van der Waals surface area contributed by atoms with E-state index in [1.807, 2.05) is 38.2 Å². The zero-order valence-corrected chi connectivity index (χ0v) is 33.8. The number of hydrogen-bond donors (Lipinski definition) is 4. The summed E-state index contributed by atoms with van der Waals surface area (Å²) in [7, 11) is 4.71. The van der Waals surface area contributed by atoms with Crippen molar-refractivity contribution in [2.75, 3.05) is 33.9 Å². The molecule has 7 rings (SSSR count). The highest BCUT2D eigenvalue weighted by Gasteiger charge is 2.38. The molecule has 5 aromatic rings. The molecule has 57 heavy (non-hydrogen) atoms. The number of fused-ring (bicyclic) bond motifs is 1. The lowest BCUT2D eigenvalue weighted by molar-refractivity contribution is -0.135. The maximum absolute atomic E-state index is 13.6. The van der Waals surface area contributed by atoms with Crippen LogP contribution in [0.4, 0.5) is 9.59 Å². The van der Waals surface area contributed by atoms with E-state index in [9.17, 15) is 14.4 Å². The number of amides is 3. The Kier molecular flexibility index (Phi) is 11.7. The van der Waals surface area contributed by atoms with Crippen molar-refractivity contribution in [3.05, 3.63) is 66.5 Å². The molecule has 4 atom stereocenters. The van der Waals surface area contributed by atoms with Crippen LogP contribution >= 0.6 is 0 Å². The molecule has 15 heteroatoms. The van der Waals surface area contributed by atoms with Gasteiger partial charge in [-0.15, -0.1) is 0 Å². The maximum Gasteiger partial charge on any atom is 0.407 e. The maximum atomic E-state index is 13.6. The van der Waals surface area contributed by atoms with Crippen LogP contribution in [0.1, 0.15) is 77.1 Å². The minimum atomic E-state index is -0.691. The second kappa shape index (κ2) is 16.8. The number of carbonyl (C=O) groups is 3. The van der Waals surface area contributed by atoms with E-state index in [1.165, 1.54) is 14.2 Å². The van der Waals surface area contributed by atoms with Crippen molar-refractivity contribution in [2.24, 2.45) is 18.9 Å². The first-order valence-corrected chi connectivity index (χ1v) is 19.9. The summed E-state index contributed by atoms with van der Waals surface area (Å²) in [6, 6.07) is 13.8. The highest BCUT2D eigenvalue weighted by molar-refractivity contribution is 5.87. The average Bonchev–Trinajstić information content (AvgIpc) is 4.06. The third kappa shape index (κ3) is 8.24. The fourth-order valence-electron chi connectivity index (χ4n) is 8.16. The summed E-state index contributed by atoms with van der Waals surface area (Å²) in [6.07, 6.45) is 6.38. The Morgan fingerprint density at radius 1 is 0.789 bits per heavy atom. The molecular formula is C42H54N10O5. The molecule has 15 nitrogen and oxygen atoms in total. The fraction of sp³-hybridized carbons (Fsp3) is 0.476. The minimum Gasteiger partial charge on any atom is -0.453 e. The minimum absolute atomic E-state index is 0.0257. The van der Waals surface area contributed by atoms with Gasteiger partial charge in [0.15, 0.2) is 0 Å². The molecule has 2 aliphatic rings. The molecule has 5 heterocycles. The highest BCUT2D eigenvalue weighted by Crippen LogP contribution is 2.35. The molecule has 0 bridgehead atoms. The summed E-state index contributed by atoms with van der Waals surface area (Å²) in [4.78, 5) is 63.4. The van der Waals surface area contributed by atoms with E-state index in [2.05, 4.69) is 86.4 Å². The molecule has 0 spiro atoms. The van der Waals surface area contributed by atoms with Crippen LogP contribution < -0.4 is 10.6 Å². The van der Waals surface area contributed by atoms with Gasteiger partial charge in [-0.2, -0.15) is 0 Å². The Labute approximate surface area is 332 Å². The highest BCUT2D eigenvalue weighted by atomic mass is 16.5. The molecule has 0 aliphatic carbocycles. The summed E-state index contributed by atoms with van der Waals surface area (Å²) in [5.74, 6) is 2.52. The molecule has 302 valence electrons. The Hall–Kier alpha value is -5.70. The first kappa shape index (κ1) is 39.5. The number of H-pyrrole nitrogens is 2. The Morgan fingerprint density at radius 2 is 1.39 bits per heavy atom. The fourth-order valence-corrected chi connectivity index (χ4v) is 8.16. The van der Waals surface area contributed by atoms with Gasteiger partial charge in [-0.05, 0) is 61.8 Å². The Balaban J connectivity index is 1.05. The number of hydrogen-bond acceptors (Lipinski definition) is 9. The topological polar surface area (TPSA) is 175 Å². The number of aromatic nitrogens is 6. The van der Waals surface area contributed by atoms with Gasteiger partial charge in [-0.25, -0.2) is 24.5 Å². The van der Waals surface area contributed by atoms with Crippen LogP contribution in [0.25, 0.3) is 44.9 Å². The van der Waals surface area contributed by atoms with Gasteiger partial charge in [-0.3, -0.25) is 9.69 Å². The van der Waals surface area contributed by atoms with Crippen LogP contribution in [0.15, 0.2) is 54.9 Å². The molecule has 4 N–H and O–H groups in total. The number of aryl methyl sites for hydroxylation is 1. The van der Waals surface area contributed by atoms with Crippen molar-refractivity contribution in [3.63, 3.8) is 0 Å². The summed E-state index contributed by atoms with van der Waals surface area (Å²) in [5, 5.41) is 5.70. The van der Waals surface area contributed by atoms with Crippen LogP contribution in [0.2, 0.25) is 0 Å². The van der Waals surface area contributed by atoms with Crippen molar-refractivity contribution in [3.8, 4) is 33.9 Å². The van der Waals surface area contributed by atoms with Crippen LogP contribution in [0, 0.1) is 11.8 Å².